The molecule has 0 aliphatic rings. The maximum atomic E-state index is 13.0. The van der Waals surface area contributed by atoms with Crippen LogP contribution in [0.2, 0.25) is 0 Å². The largest absolute Gasteiger partial charge is 0.770 e. The number of rotatable bonds is 4. The number of nitrogens with zero attached hydrogens (tertiary/aromatic N) is 3. The minimum absolute atomic E-state index is 1.17. The van der Waals surface area contributed by atoms with Crippen LogP contribution in [0.4, 0.5) is 35.1 Å². The summed E-state index contributed by atoms with van der Waals surface area (Å²) in [5.74, 6) is -13.9. The molecule has 0 saturated heterocycles. The Morgan fingerprint density at radius 1 is 1.00 bits per heavy atom. The summed E-state index contributed by atoms with van der Waals surface area (Å²) in [5, 5.41) is -4.61. The average molecular weight is 306 g/mol. The molecule has 0 radical (unpaired) electrons. The first-order valence-electron chi connectivity index (χ1n) is 3.42. The van der Waals surface area contributed by atoms with E-state index >= 15 is 0 Å². The molecule has 0 heterocycles. The third kappa shape index (κ3) is 2.22. The minimum Gasteiger partial charge on any atom is -0.770 e. The predicted octanol–water partition coefficient (Wildman–Crippen LogP) is 2.63. The normalized spacial score (nSPS) is 18.7. The highest BCUT2D eigenvalue weighted by Gasteiger charge is 2.81. The highest BCUT2D eigenvalue weighted by Crippen LogP contribution is 2.53. The molecule has 0 bridgehead atoms. The van der Waals surface area contributed by atoms with E-state index in [9.17, 15) is 43.9 Å². The van der Waals surface area contributed by atoms with Crippen LogP contribution >= 0.6 is 0 Å². The number of azide groups is 1. The summed E-state index contributed by atoms with van der Waals surface area (Å²) in [6.07, 6.45) is -6.96. The Labute approximate surface area is 94.7 Å². The molecule has 0 spiro atoms. The fourth-order valence-corrected chi connectivity index (χ4v) is 1.07. The summed E-state index contributed by atoms with van der Waals surface area (Å²) >= 11 is -4.89. The lowest BCUT2D eigenvalue weighted by molar-refractivity contribution is -0.370. The highest BCUT2D eigenvalue weighted by molar-refractivity contribution is 7.80. The van der Waals surface area contributed by atoms with Crippen molar-refractivity contribution in [1.29, 1.82) is 0 Å². The summed E-state index contributed by atoms with van der Waals surface area (Å²) in [5.41, 5.74) is 7.57. The minimum atomic E-state index is -7.07. The van der Waals surface area contributed by atoms with Crippen molar-refractivity contribution < 1.29 is 43.9 Å². The van der Waals surface area contributed by atoms with Crippen LogP contribution in [0.5, 0.6) is 0 Å². The fourth-order valence-electron chi connectivity index (χ4n) is 0.630. The van der Waals surface area contributed by atoms with Crippen LogP contribution in [0.3, 0.4) is 0 Å². The van der Waals surface area contributed by atoms with Crippen LogP contribution < -0.4 is 0 Å². The zero-order valence-electron chi connectivity index (χ0n) is 7.59. The van der Waals surface area contributed by atoms with Crippen LogP contribution in [-0.2, 0) is 11.1 Å². The first kappa shape index (κ1) is 16.9. The van der Waals surface area contributed by atoms with Crippen LogP contribution in [0, 0.1) is 0 Å². The number of halogens is 8. The van der Waals surface area contributed by atoms with E-state index in [1.807, 2.05) is 0 Å². The molecular formula is C4F8N3O2S-. The standard InChI is InChI=1S/C4HF8N3O2S/c5-1(6,3(9,10)11)2(7,8)4(12,14-15-13)18(16)17/h(H,16,17)/p-1. The SMILES string of the molecule is [N-]=[N+]=NC(F)(S(=O)[O-])C(F)(F)C(F)(F)C(F)(F)F. The third-order valence-electron chi connectivity index (χ3n) is 1.53. The number of hydrogen-bond donors (Lipinski definition) is 0. The van der Waals surface area contributed by atoms with Gasteiger partial charge < -0.3 is 4.55 Å². The van der Waals surface area contributed by atoms with Gasteiger partial charge in [0.05, 0.1) is 0 Å². The Morgan fingerprint density at radius 3 is 1.61 bits per heavy atom. The number of hydrogen-bond acceptors (Lipinski definition) is 3. The molecule has 2 unspecified atom stereocenters. The zero-order valence-corrected chi connectivity index (χ0v) is 8.41. The molecule has 0 saturated carbocycles. The molecule has 0 aromatic heterocycles. The molecule has 18 heavy (non-hydrogen) atoms. The lowest BCUT2D eigenvalue weighted by Gasteiger charge is -2.36. The van der Waals surface area contributed by atoms with Crippen molar-refractivity contribution in [2.75, 3.05) is 0 Å². The van der Waals surface area contributed by atoms with E-state index in [1.54, 1.807) is 0 Å². The molecule has 0 aromatic rings. The molecule has 0 N–H and O–H groups in total. The zero-order chi connectivity index (χ0) is 15.0. The first-order valence-corrected chi connectivity index (χ1v) is 4.50. The van der Waals surface area contributed by atoms with Gasteiger partial charge in [0.25, 0.3) is 0 Å². The van der Waals surface area contributed by atoms with Crippen molar-refractivity contribution in [3.63, 3.8) is 0 Å². The average Bonchev–Trinajstić information content (AvgIpc) is 2.15. The molecule has 106 valence electrons. The van der Waals surface area contributed by atoms with Crippen molar-refractivity contribution >= 4 is 11.1 Å². The van der Waals surface area contributed by atoms with Crippen LogP contribution in [-0.4, -0.2) is 31.9 Å². The van der Waals surface area contributed by atoms with Crippen LogP contribution in [0.15, 0.2) is 5.11 Å². The van der Waals surface area contributed by atoms with Crippen LogP contribution in [0.1, 0.15) is 0 Å². The molecule has 0 aliphatic carbocycles. The predicted molar refractivity (Wildman–Crippen MR) is 37.9 cm³/mol. The van der Waals surface area contributed by atoms with Crippen molar-refractivity contribution in [3.05, 3.63) is 10.4 Å². The monoisotopic (exact) mass is 306 g/mol. The van der Waals surface area contributed by atoms with Gasteiger partial charge in [0.15, 0.2) is 0 Å². The lowest BCUT2D eigenvalue weighted by Crippen LogP contribution is -2.63. The summed E-state index contributed by atoms with van der Waals surface area (Å²) in [6, 6.07) is 0. The van der Waals surface area contributed by atoms with E-state index < -0.39 is 34.2 Å². The highest BCUT2D eigenvalue weighted by atomic mass is 32.2. The second-order valence-electron chi connectivity index (χ2n) is 2.63. The van der Waals surface area contributed by atoms with Gasteiger partial charge in [-0.05, 0) is 21.7 Å². The van der Waals surface area contributed by atoms with E-state index in [0.29, 0.717) is 0 Å². The fraction of sp³-hybridized carbons (Fsp3) is 1.00. The molecule has 14 heteroatoms. The molecular weight excluding hydrogens is 306 g/mol. The van der Waals surface area contributed by atoms with E-state index in [4.69, 9.17) is 5.53 Å². The Morgan fingerprint density at radius 2 is 1.39 bits per heavy atom. The summed E-state index contributed by atoms with van der Waals surface area (Å²) < 4.78 is 118. The Balaban J connectivity index is 6.04. The van der Waals surface area contributed by atoms with Crippen molar-refractivity contribution in [1.82, 2.24) is 0 Å². The van der Waals surface area contributed by atoms with Crippen molar-refractivity contribution in [3.8, 4) is 0 Å². The molecule has 2 atom stereocenters. The van der Waals surface area contributed by atoms with Gasteiger partial charge >= 0.3 is 23.1 Å². The maximum Gasteiger partial charge on any atom is 0.460 e. The Bertz CT molecular complexity index is 400. The maximum absolute atomic E-state index is 13.0. The topological polar surface area (TPSA) is 88.9 Å². The van der Waals surface area contributed by atoms with Crippen molar-refractivity contribution in [2.24, 2.45) is 5.11 Å². The summed E-state index contributed by atoms with van der Waals surface area (Å²) in [6.45, 7) is 0. The molecule has 0 amide bonds. The Kier molecular flexibility index (Phi) is 4.23. The van der Waals surface area contributed by atoms with Gasteiger partial charge in [-0.2, -0.15) is 30.7 Å². The molecule has 0 fully saturated rings. The van der Waals surface area contributed by atoms with Gasteiger partial charge in [0, 0.05) is 4.91 Å². The molecule has 0 rings (SSSR count). The third-order valence-corrected chi connectivity index (χ3v) is 2.31. The second-order valence-corrected chi connectivity index (χ2v) is 3.64. The van der Waals surface area contributed by atoms with Gasteiger partial charge in [-0.25, -0.2) is 4.39 Å². The Hall–Kier alpha value is -1.14. The molecule has 0 aliphatic heterocycles. The summed E-state index contributed by atoms with van der Waals surface area (Å²) in [4.78, 5) is 1.17. The second kappa shape index (κ2) is 4.51. The van der Waals surface area contributed by atoms with Gasteiger partial charge in [-0.1, -0.05) is 0 Å². The molecule has 0 aromatic carbocycles. The van der Waals surface area contributed by atoms with Gasteiger partial charge in [-0.3, -0.25) is 4.21 Å². The van der Waals surface area contributed by atoms with E-state index in [-0.39, 0.29) is 0 Å². The smallest absolute Gasteiger partial charge is 0.460 e. The van der Waals surface area contributed by atoms with E-state index in [0.717, 1.165) is 0 Å². The first-order chi connectivity index (χ1) is 7.75. The van der Waals surface area contributed by atoms with E-state index in [1.165, 1.54) is 10.0 Å². The van der Waals surface area contributed by atoms with Gasteiger partial charge in [-0.15, -0.1) is 0 Å². The van der Waals surface area contributed by atoms with Gasteiger partial charge in [0.1, 0.15) is 0 Å². The summed E-state index contributed by atoms with van der Waals surface area (Å²) in [7, 11) is 0. The number of alkyl halides is 8. The molecule has 5 nitrogen and oxygen atoms in total. The quantitative estimate of drug-likeness (QED) is 0.199. The van der Waals surface area contributed by atoms with Crippen molar-refractivity contribution in [2.45, 2.75) is 23.1 Å². The van der Waals surface area contributed by atoms with E-state index in [2.05, 4.69) is 0 Å². The van der Waals surface area contributed by atoms with Gasteiger partial charge in [0.2, 0.25) is 0 Å². The lowest BCUT2D eigenvalue weighted by atomic mass is 10.1. The van der Waals surface area contributed by atoms with Crippen LogP contribution in [0.25, 0.3) is 10.4 Å².